The summed E-state index contributed by atoms with van der Waals surface area (Å²) in [5, 5.41) is 2.55. The van der Waals surface area contributed by atoms with Crippen LogP contribution in [0.25, 0.3) is 0 Å². The molecule has 1 aromatic heterocycles. The first-order chi connectivity index (χ1) is 8.31. The van der Waals surface area contributed by atoms with Crippen molar-refractivity contribution in [2.75, 3.05) is 0 Å². The van der Waals surface area contributed by atoms with E-state index in [0.717, 1.165) is 0 Å². The predicted molar refractivity (Wildman–Crippen MR) is 79.0 cm³/mol. The fourth-order valence-corrected chi connectivity index (χ4v) is 3.82. The van der Waals surface area contributed by atoms with Crippen LogP contribution in [-0.4, -0.2) is 5.25 Å². The fourth-order valence-electron chi connectivity index (χ4n) is 1.77. The molecular formula is C15H16S2. The standard InChI is InChI=1S/C15H16S2/c1-3-14(17-15-10-7-11-16-15)12(2)13-8-5-4-6-9-13/h3-12,14H,1H2,2H3/t12-,14-/m1/s1. The van der Waals surface area contributed by atoms with E-state index in [1.165, 1.54) is 9.77 Å². The van der Waals surface area contributed by atoms with Gasteiger partial charge in [0, 0.05) is 5.25 Å². The second kappa shape index (κ2) is 6.08. The van der Waals surface area contributed by atoms with E-state index in [4.69, 9.17) is 0 Å². The lowest BCUT2D eigenvalue weighted by Gasteiger charge is -2.20. The molecule has 0 saturated heterocycles. The molecule has 0 aliphatic heterocycles. The number of thioether (sulfide) groups is 1. The van der Waals surface area contributed by atoms with Gasteiger partial charge in [0.25, 0.3) is 0 Å². The summed E-state index contributed by atoms with van der Waals surface area (Å²) in [6, 6.07) is 14.9. The quantitative estimate of drug-likeness (QED) is 0.526. The molecule has 0 fully saturated rings. The number of hydrogen-bond acceptors (Lipinski definition) is 2. The lowest BCUT2D eigenvalue weighted by atomic mass is 9.98. The molecule has 88 valence electrons. The first kappa shape index (κ1) is 12.5. The third-order valence-electron chi connectivity index (χ3n) is 2.80. The Balaban J connectivity index is 2.11. The van der Waals surface area contributed by atoms with Crippen LogP contribution in [0.2, 0.25) is 0 Å². The highest BCUT2D eigenvalue weighted by molar-refractivity contribution is 8.01. The van der Waals surface area contributed by atoms with Crippen molar-refractivity contribution < 1.29 is 0 Å². The Morgan fingerprint density at radius 1 is 1.18 bits per heavy atom. The molecule has 1 aromatic carbocycles. The van der Waals surface area contributed by atoms with Gasteiger partial charge in [-0.25, -0.2) is 0 Å². The molecule has 1 heterocycles. The second-order valence-electron chi connectivity index (χ2n) is 3.95. The summed E-state index contributed by atoms with van der Waals surface area (Å²) >= 11 is 3.69. The molecule has 2 heteroatoms. The van der Waals surface area contributed by atoms with Crippen LogP contribution < -0.4 is 0 Å². The number of benzene rings is 1. The Hall–Kier alpha value is -0.990. The SMILES string of the molecule is C=C[C@@H](Sc1cccs1)[C@H](C)c1ccccc1. The van der Waals surface area contributed by atoms with E-state index >= 15 is 0 Å². The summed E-state index contributed by atoms with van der Waals surface area (Å²) in [5.74, 6) is 0.487. The maximum Gasteiger partial charge on any atom is 0.0604 e. The molecule has 0 saturated carbocycles. The largest absolute Gasteiger partial charge is 0.137 e. The highest BCUT2D eigenvalue weighted by atomic mass is 32.2. The van der Waals surface area contributed by atoms with Crippen molar-refractivity contribution in [1.29, 1.82) is 0 Å². The average Bonchev–Trinajstić information content (AvgIpc) is 2.89. The number of thiophene rings is 1. The molecule has 0 amide bonds. The van der Waals surface area contributed by atoms with Crippen LogP contribution in [0.3, 0.4) is 0 Å². The molecule has 0 aliphatic rings. The van der Waals surface area contributed by atoms with Crippen LogP contribution >= 0.6 is 23.1 Å². The van der Waals surface area contributed by atoms with Gasteiger partial charge in [-0.15, -0.1) is 29.7 Å². The summed E-state index contributed by atoms with van der Waals surface area (Å²) in [5.41, 5.74) is 1.38. The van der Waals surface area contributed by atoms with Crippen LogP contribution in [-0.2, 0) is 0 Å². The summed E-state index contributed by atoms with van der Waals surface area (Å²) in [6.07, 6.45) is 2.06. The molecule has 0 radical (unpaired) electrons. The Kier molecular flexibility index (Phi) is 4.46. The van der Waals surface area contributed by atoms with Crippen molar-refractivity contribution in [1.82, 2.24) is 0 Å². The van der Waals surface area contributed by atoms with Crippen LogP contribution in [0.1, 0.15) is 18.4 Å². The van der Waals surface area contributed by atoms with E-state index in [-0.39, 0.29) is 0 Å². The Bertz CT molecular complexity index is 445. The van der Waals surface area contributed by atoms with Gasteiger partial charge in [0.2, 0.25) is 0 Å². The van der Waals surface area contributed by atoms with Crippen LogP contribution in [0.5, 0.6) is 0 Å². The molecule has 0 nitrogen and oxygen atoms in total. The Morgan fingerprint density at radius 2 is 1.94 bits per heavy atom. The molecule has 2 aromatic rings. The van der Waals surface area contributed by atoms with Crippen LogP contribution in [0.4, 0.5) is 0 Å². The minimum atomic E-state index is 0.427. The zero-order valence-corrected chi connectivity index (χ0v) is 11.5. The molecule has 2 rings (SSSR count). The van der Waals surface area contributed by atoms with Crippen molar-refractivity contribution in [3.8, 4) is 0 Å². The van der Waals surface area contributed by atoms with Gasteiger partial charge >= 0.3 is 0 Å². The first-order valence-corrected chi connectivity index (χ1v) is 7.45. The first-order valence-electron chi connectivity index (χ1n) is 5.69. The molecule has 17 heavy (non-hydrogen) atoms. The van der Waals surface area contributed by atoms with E-state index in [0.29, 0.717) is 11.2 Å². The Morgan fingerprint density at radius 3 is 2.53 bits per heavy atom. The number of hydrogen-bond donors (Lipinski definition) is 0. The number of rotatable bonds is 5. The van der Waals surface area contributed by atoms with Gasteiger partial charge in [0.1, 0.15) is 0 Å². The smallest absolute Gasteiger partial charge is 0.0604 e. The normalized spacial score (nSPS) is 14.2. The highest BCUT2D eigenvalue weighted by Gasteiger charge is 2.17. The van der Waals surface area contributed by atoms with E-state index in [2.05, 4.69) is 67.4 Å². The molecule has 0 bridgehead atoms. The van der Waals surface area contributed by atoms with Crippen molar-refractivity contribution in [2.45, 2.75) is 22.3 Å². The van der Waals surface area contributed by atoms with Gasteiger partial charge in [-0.2, -0.15) is 0 Å². The van der Waals surface area contributed by atoms with Gasteiger partial charge in [0.15, 0.2) is 0 Å². The van der Waals surface area contributed by atoms with E-state index in [1.807, 2.05) is 11.8 Å². The van der Waals surface area contributed by atoms with Gasteiger partial charge < -0.3 is 0 Å². The minimum Gasteiger partial charge on any atom is -0.137 e. The van der Waals surface area contributed by atoms with Crippen molar-refractivity contribution in [3.63, 3.8) is 0 Å². The van der Waals surface area contributed by atoms with Crippen molar-refractivity contribution in [3.05, 3.63) is 66.1 Å². The van der Waals surface area contributed by atoms with Crippen LogP contribution in [0.15, 0.2) is 64.7 Å². The van der Waals surface area contributed by atoms with E-state index in [9.17, 15) is 0 Å². The Labute approximate surface area is 111 Å². The monoisotopic (exact) mass is 260 g/mol. The summed E-state index contributed by atoms with van der Waals surface area (Å²) in [6.45, 7) is 6.24. The van der Waals surface area contributed by atoms with Gasteiger partial charge in [0.05, 0.1) is 4.21 Å². The maximum absolute atomic E-state index is 3.97. The van der Waals surface area contributed by atoms with Crippen molar-refractivity contribution in [2.24, 2.45) is 0 Å². The fraction of sp³-hybridized carbons (Fsp3) is 0.200. The van der Waals surface area contributed by atoms with Gasteiger partial charge in [-0.05, 0) is 22.9 Å². The lowest BCUT2D eigenvalue weighted by molar-refractivity contribution is 0.797. The zero-order valence-electron chi connectivity index (χ0n) is 9.87. The lowest BCUT2D eigenvalue weighted by Crippen LogP contribution is -2.08. The highest BCUT2D eigenvalue weighted by Crippen LogP contribution is 2.36. The maximum atomic E-state index is 3.97. The molecule has 0 aliphatic carbocycles. The summed E-state index contributed by atoms with van der Waals surface area (Å²) < 4.78 is 1.36. The summed E-state index contributed by atoms with van der Waals surface area (Å²) in [4.78, 5) is 0. The molecule has 0 spiro atoms. The van der Waals surface area contributed by atoms with Gasteiger partial charge in [-0.1, -0.05) is 49.4 Å². The van der Waals surface area contributed by atoms with E-state index < -0.39 is 0 Å². The zero-order chi connectivity index (χ0) is 12.1. The second-order valence-corrected chi connectivity index (χ2v) is 6.38. The minimum absolute atomic E-state index is 0.427. The third kappa shape index (κ3) is 3.24. The molecule has 0 unspecified atom stereocenters. The topological polar surface area (TPSA) is 0 Å². The molecule has 0 N–H and O–H groups in total. The van der Waals surface area contributed by atoms with Gasteiger partial charge in [-0.3, -0.25) is 0 Å². The van der Waals surface area contributed by atoms with Crippen LogP contribution in [0, 0.1) is 0 Å². The molecule has 2 atom stereocenters. The molecular weight excluding hydrogens is 244 g/mol. The average molecular weight is 260 g/mol. The van der Waals surface area contributed by atoms with E-state index in [1.54, 1.807) is 11.3 Å². The predicted octanol–water partition coefficient (Wildman–Crippen LogP) is 5.20. The van der Waals surface area contributed by atoms with Crippen molar-refractivity contribution >= 4 is 23.1 Å². The third-order valence-corrected chi connectivity index (χ3v) is 5.28. The summed E-state index contributed by atoms with van der Waals surface area (Å²) in [7, 11) is 0.